The minimum absolute atomic E-state index is 0.0472. The summed E-state index contributed by atoms with van der Waals surface area (Å²) in [6.45, 7) is 0.933. The summed E-state index contributed by atoms with van der Waals surface area (Å²) in [4.78, 5) is 27.3. The van der Waals surface area contributed by atoms with Crippen molar-refractivity contribution in [2.75, 3.05) is 14.2 Å². The van der Waals surface area contributed by atoms with E-state index in [0.29, 0.717) is 23.5 Å². The highest BCUT2D eigenvalue weighted by molar-refractivity contribution is 7.12. The Balaban J connectivity index is 1.37. The molecule has 0 radical (unpaired) electrons. The predicted octanol–water partition coefficient (Wildman–Crippen LogP) is 5.11. The quantitative estimate of drug-likeness (QED) is 0.431. The number of ether oxygens (including phenoxy) is 1. The molecule has 0 aliphatic heterocycles. The molecular formula is C26H24N2O3S. The van der Waals surface area contributed by atoms with Crippen molar-refractivity contribution in [3.05, 3.63) is 99.7 Å². The molecule has 0 saturated heterocycles. The molecule has 0 spiro atoms. The Labute approximate surface area is 191 Å². The molecule has 0 bridgehead atoms. The van der Waals surface area contributed by atoms with Crippen molar-refractivity contribution in [3.8, 4) is 5.75 Å². The number of nitrogens with one attached hydrogen (secondary N) is 1. The summed E-state index contributed by atoms with van der Waals surface area (Å²) in [5.74, 6) is 0.690. The van der Waals surface area contributed by atoms with Gasteiger partial charge >= 0.3 is 0 Å². The van der Waals surface area contributed by atoms with Crippen LogP contribution in [0, 0.1) is 0 Å². The largest absolute Gasteiger partial charge is 0.497 e. The number of fused-ring (bicyclic) bond motifs is 1. The summed E-state index contributed by atoms with van der Waals surface area (Å²) in [5, 5.41) is 6.98. The highest BCUT2D eigenvalue weighted by Gasteiger charge is 2.13. The lowest BCUT2D eigenvalue weighted by molar-refractivity contribution is 0.0784. The number of hydrogen-bond donors (Lipinski definition) is 1. The van der Waals surface area contributed by atoms with Gasteiger partial charge < -0.3 is 15.0 Å². The van der Waals surface area contributed by atoms with Crippen LogP contribution < -0.4 is 10.1 Å². The van der Waals surface area contributed by atoms with Crippen LogP contribution in [0.1, 0.15) is 31.2 Å². The van der Waals surface area contributed by atoms with Gasteiger partial charge in [0.2, 0.25) is 0 Å². The number of hydrogen-bond acceptors (Lipinski definition) is 4. The third-order valence-electron chi connectivity index (χ3n) is 5.28. The van der Waals surface area contributed by atoms with Crippen LogP contribution in [-0.2, 0) is 13.1 Å². The molecule has 32 heavy (non-hydrogen) atoms. The van der Waals surface area contributed by atoms with Gasteiger partial charge in [0.05, 0.1) is 12.0 Å². The van der Waals surface area contributed by atoms with Crippen LogP contribution in [0.3, 0.4) is 0 Å². The number of rotatable bonds is 7. The van der Waals surface area contributed by atoms with Gasteiger partial charge in [-0.25, -0.2) is 0 Å². The monoisotopic (exact) mass is 444 g/mol. The van der Waals surface area contributed by atoms with Crippen molar-refractivity contribution < 1.29 is 14.3 Å². The molecular weight excluding hydrogens is 420 g/mol. The molecule has 1 heterocycles. The fourth-order valence-electron chi connectivity index (χ4n) is 3.51. The molecule has 4 rings (SSSR count). The van der Waals surface area contributed by atoms with E-state index in [1.807, 2.05) is 53.9 Å². The molecule has 0 atom stereocenters. The lowest BCUT2D eigenvalue weighted by Crippen LogP contribution is -2.26. The number of methoxy groups -OCH3 is 1. The minimum atomic E-state index is -0.0892. The SMILES string of the molecule is COc1ccc2cc(CN(C)C(=O)c3ccc(CNC(=O)c4cccs4)cc3)ccc2c1. The van der Waals surface area contributed by atoms with Crippen molar-refractivity contribution in [2.24, 2.45) is 0 Å². The van der Waals surface area contributed by atoms with E-state index in [-0.39, 0.29) is 11.8 Å². The molecule has 3 aromatic carbocycles. The van der Waals surface area contributed by atoms with E-state index >= 15 is 0 Å². The van der Waals surface area contributed by atoms with Crippen molar-refractivity contribution in [1.29, 1.82) is 0 Å². The maximum atomic E-state index is 12.9. The van der Waals surface area contributed by atoms with E-state index in [0.717, 1.165) is 27.6 Å². The first kappa shape index (κ1) is 21.6. The van der Waals surface area contributed by atoms with Gasteiger partial charge in [0.25, 0.3) is 11.8 Å². The summed E-state index contributed by atoms with van der Waals surface area (Å²) in [5.41, 5.74) is 2.62. The van der Waals surface area contributed by atoms with Crippen LogP contribution in [-0.4, -0.2) is 30.9 Å². The second-order valence-corrected chi connectivity index (χ2v) is 8.51. The number of benzene rings is 3. The zero-order chi connectivity index (χ0) is 22.5. The summed E-state index contributed by atoms with van der Waals surface area (Å²) in [6, 6.07) is 23.1. The summed E-state index contributed by atoms with van der Waals surface area (Å²) < 4.78 is 5.28. The number of nitrogens with zero attached hydrogens (tertiary/aromatic N) is 1. The molecule has 1 N–H and O–H groups in total. The highest BCUT2D eigenvalue weighted by atomic mass is 32.1. The third kappa shape index (κ3) is 4.98. The average Bonchev–Trinajstić information content (AvgIpc) is 3.37. The number of carbonyl (C=O) groups excluding carboxylic acids is 2. The van der Waals surface area contributed by atoms with Gasteiger partial charge in [-0.05, 0) is 63.7 Å². The molecule has 0 aliphatic carbocycles. The van der Waals surface area contributed by atoms with Gasteiger partial charge in [0, 0.05) is 25.7 Å². The lowest BCUT2D eigenvalue weighted by Gasteiger charge is -2.18. The standard InChI is InChI=1S/C26H24N2O3S/c1-28(17-19-7-10-22-15-23(31-2)12-11-21(22)14-19)26(30)20-8-5-18(6-9-20)16-27-25(29)24-4-3-13-32-24/h3-15H,16-17H2,1-2H3,(H,27,29). The lowest BCUT2D eigenvalue weighted by atomic mass is 10.1. The molecule has 0 aliphatic rings. The predicted molar refractivity (Wildman–Crippen MR) is 128 cm³/mol. The molecule has 2 amide bonds. The summed E-state index contributed by atoms with van der Waals surface area (Å²) >= 11 is 1.41. The van der Waals surface area contributed by atoms with Crippen LogP contribution in [0.15, 0.2) is 78.2 Å². The Morgan fingerprint density at radius 2 is 1.66 bits per heavy atom. The zero-order valence-electron chi connectivity index (χ0n) is 18.0. The average molecular weight is 445 g/mol. The molecule has 1 aromatic heterocycles. The van der Waals surface area contributed by atoms with E-state index in [1.54, 1.807) is 37.3 Å². The Morgan fingerprint density at radius 1 is 0.938 bits per heavy atom. The molecule has 5 nitrogen and oxygen atoms in total. The van der Waals surface area contributed by atoms with Crippen molar-refractivity contribution >= 4 is 33.9 Å². The molecule has 0 unspecified atom stereocenters. The van der Waals surface area contributed by atoms with Crippen LogP contribution in [0.5, 0.6) is 5.75 Å². The van der Waals surface area contributed by atoms with Gasteiger partial charge in [-0.1, -0.05) is 36.4 Å². The van der Waals surface area contributed by atoms with Gasteiger partial charge in [-0.15, -0.1) is 11.3 Å². The first-order valence-corrected chi connectivity index (χ1v) is 11.1. The Kier molecular flexibility index (Phi) is 6.52. The third-order valence-corrected chi connectivity index (χ3v) is 6.15. The first-order valence-electron chi connectivity index (χ1n) is 10.3. The molecule has 4 aromatic rings. The van der Waals surface area contributed by atoms with Gasteiger partial charge in [0.15, 0.2) is 0 Å². The minimum Gasteiger partial charge on any atom is -0.497 e. The van der Waals surface area contributed by atoms with Crippen molar-refractivity contribution in [3.63, 3.8) is 0 Å². The number of amides is 2. The smallest absolute Gasteiger partial charge is 0.261 e. The van der Waals surface area contributed by atoms with E-state index in [4.69, 9.17) is 4.74 Å². The molecule has 0 saturated carbocycles. The van der Waals surface area contributed by atoms with Crippen LogP contribution >= 0.6 is 11.3 Å². The normalized spacial score (nSPS) is 10.7. The zero-order valence-corrected chi connectivity index (χ0v) is 18.8. The summed E-state index contributed by atoms with van der Waals surface area (Å²) in [6.07, 6.45) is 0. The van der Waals surface area contributed by atoms with Crippen LogP contribution in [0.2, 0.25) is 0 Å². The van der Waals surface area contributed by atoms with Gasteiger partial charge in [-0.3, -0.25) is 9.59 Å². The van der Waals surface area contributed by atoms with Gasteiger partial charge in [-0.2, -0.15) is 0 Å². The Hall–Kier alpha value is -3.64. The van der Waals surface area contributed by atoms with E-state index in [1.165, 1.54) is 11.3 Å². The van der Waals surface area contributed by atoms with Crippen molar-refractivity contribution in [1.82, 2.24) is 10.2 Å². The molecule has 6 heteroatoms. The Bertz CT molecular complexity index is 1230. The fourth-order valence-corrected chi connectivity index (χ4v) is 4.15. The van der Waals surface area contributed by atoms with Crippen LogP contribution in [0.4, 0.5) is 0 Å². The second-order valence-electron chi connectivity index (χ2n) is 7.57. The molecule has 0 fully saturated rings. The number of carbonyl (C=O) groups is 2. The van der Waals surface area contributed by atoms with Crippen molar-refractivity contribution in [2.45, 2.75) is 13.1 Å². The number of thiophene rings is 1. The molecule has 162 valence electrons. The van der Waals surface area contributed by atoms with Crippen LogP contribution in [0.25, 0.3) is 10.8 Å². The summed E-state index contributed by atoms with van der Waals surface area (Å²) in [7, 11) is 3.46. The van der Waals surface area contributed by atoms with E-state index in [2.05, 4.69) is 11.4 Å². The first-order chi connectivity index (χ1) is 15.5. The Morgan fingerprint density at radius 3 is 2.38 bits per heavy atom. The second kappa shape index (κ2) is 9.66. The van der Waals surface area contributed by atoms with E-state index in [9.17, 15) is 9.59 Å². The topological polar surface area (TPSA) is 58.6 Å². The highest BCUT2D eigenvalue weighted by Crippen LogP contribution is 2.22. The fraction of sp³-hybridized carbons (Fsp3) is 0.154. The maximum absolute atomic E-state index is 12.9. The van der Waals surface area contributed by atoms with E-state index < -0.39 is 0 Å². The maximum Gasteiger partial charge on any atom is 0.261 e. The van der Waals surface area contributed by atoms with Gasteiger partial charge in [0.1, 0.15) is 5.75 Å².